The Morgan fingerprint density at radius 3 is 2.35 bits per heavy atom. The number of hydrogen-bond acceptors (Lipinski definition) is 7. The number of fused-ring (bicyclic) bond motifs is 1. The van der Waals surface area contributed by atoms with E-state index in [-0.39, 0.29) is 31.6 Å². The fourth-order valence-corrected chi connectivity index (χ4v) is 2.96. The lowest BCUT2D eigenvalue weighted by Gasteiger charge is -2.19. The zero-order valence-electron chi connectivity index (χ0n) is 11.8. The third-order valence-corrected chi connectivity index (χ3v) is 4.11. The zero-order chi connectivity index (χ0) is 17.0. The van der Waals surface area contributed by atoms with Crippen molar-refractivity contribution in [2.45, 2.75) is 12.8 Å². The molecular weight excluding hydrogens is 326 g/mol. The quantitative estimate of drug-likeness (QED) is 0.550. The molecule has 0 fully saturated rings. The predicted molar refractivity (Wildman–Crippen MR) is 83.0 cm³/mol. The number of nitro benzene ring substituents is 1. The average molecular weight is 339 g/mol. The van der Waals surface area contributed by atoms with Crippen LogP contribution in [0.2, 0.25) is 0 Å². The number of aromatic nitrogens is 1. The molecule has 2 N–H and O–H groups in total. The minimum Gasteiger partial charge on any atom is -0.481 e. The standard InChI is InChI=1S/C13H13N3O6S/c17-11(18)3-5-15(6-4-12(19)20)13-14-9-2-1-8(16(21)22)7-10(9)23-13/h1-2,7H,3-6H2,(H,17,18)(H,19,20). The van der Waals surface area contributed by atoms with Gasteiger partial charge in [-0.1, -0.05) is 11.3 Å². The third kappa shape index (κ3) is 4.36. The lowest BCUT2D eigenvalue weighted by molar-refractivity contribution is -0.384. The van der Waals surface area contributed by atoms with Crippen LogP contribution in [0, 0.1) is 10.1 Å². The summed E-state index contributed by atoms with van der Waals surface area (Å²) in [5.41, 5.74) is 0.488. The van der Waals surface area contributed by atoms with Gasteiger partial charge < -0.3 is 15.1 Å². The van der Waals surface area contributed by atoms with Gasteiger partial charge in [0.25, 0.3) is 5.69 Å². The van der Waals surface area contributed by atoms with E-state index in [0.29, 0.717) is 15.3 Å². The van der Waals surface area contributed by atoms with E-state index in [1.807, 2.05) is 0 Å². The zero-order valence-corrected chi connectivity index (χ0v) is 12.7. The summed E-state index contributed by atoms with van der Waals surface area (Å²) >= 11 is 1.16. The minimum absolute atomic E-state index is 0.0599. The van der Waals surface area contributed by atoms with Gasteiger partial charge in [-0.05, 0) is 6.07 Å². The van der Waals surface area contributed by atoms with E-state index >= 15 is 0 Å². The first-order valence-corrected chi connectivity index (χ1v) is 7.42. The monoisotopic (exact) mass is 339 g/mol. The van der Waals surface area contributed by atoms with E-state index in [1.165, 1.54) is 18.2 Å². The lowest BCUT2D eigenvalue weighted by Crippen LogP contribution is -2.28. The molecule has 0 bridgehead atoms. The van der Waals surface area contributed by atoms with Crippen molar-refractivity contribution in [1.29, 1.82) is 0 Å². The summed E-state index contributed by atoms with van der Waals surface area (Å²) < 4.78 is 0.588. The lowest BCUT2D eigenvalue weighted by atomic mass is 10.3. The fourth-order valence-electron chi connectivity index (χ4n) is 1.91. The first-order chi connectivity index (χ1) is 10.9. The van der Waals surface area contributed by atoms with E-state index in [2.05, 4.69) is 4.98 Å². The topological polar surface area (TPSA) is 134 Å². The van der Waals surface area contributed by atoms with E-state index in [0.717, 1.165) is 11.3 Å². The normalized spacial score (nSPS) is 10.6. The van der Waals surface area contributed by atoms with Crippen LogP contribution in [0.4, 0.5) is 10.8 Å². The highest BCUT2D eigenvalue weighted by molar-refractivity contribution is 7.22. The van der Waals surface area contributed by atoms with Gasteiger partial charge in [0.15, 0.2) is 5.13 Å². The summed E-state index contributed by atoms with van der Waals surface area (Å²) in [5.74, 6) is -2.00. The summed E-state index contributed by atoms with van der Waals surface area (Å²) in [4.78, 5) is 37.6. The smallest absolute Gasteiger partial charge is 0.305 e. The molecule has 10 heteroatoms. The molecule has 0 atom stereocenters. The number of carboxylic acids is 2. The molecule has 122 valence electrons. The number of non-ortho nitro benzene ring substituents is 1. The van der Waals surface area contributed by atoms with Gasteiger partial charge in [-0.2, -0.15) is 0 Å². The highest BCUT2D eigenvalue weighted by Gasteiger charge is 2.16. The number of rotatable bonds is 8. The van der Waals surface area contributed by atoms with Crippen molar-refractivity contribution in [3.05, 3.63) is 28.3 Å². The van der Waals surface area contributed by atoms with Gasteiger partial charge >= 0.3 is 11.9 Å². The Morgan fingerprint density at radius 1 is 1.22 bits per heavy atom. The maximum atomic E-state index is 10.8. The molecule has 2 rings (SSSR count). The van der Waals surface area contributed by atoms with Gasteiger partial charge in [-0.15, -0.1) is 0 Å². The van der Waals surface area contributed by atoms with Gasteiger partial charge in [-0.25, -0.2) is 4.98 Å². The average Bonchev–Trinajstić information content (AvgIpc) is 2.89. The first kappa shape index (κ1) is 16.6. The molecule has 0 amide bonds. The van der Waals surface area contributed by atoms with Crippen molar-refractivity contribution >= 4 is 44.3 Å². The maximum absolute atomic E-state index is 10.8. The van der Waals surface area contributed by atoms with Crippen molar-refractivity contribution in [2.75, 3.05) is 18.0 Å². The van der Waals surface area contributed by atoms with Gasteiger partial charge in [0.2, 0.25) is 0 Å². The molecule has 0 spiro atoms. The summed E-state index contributed by atoms with van der Waals surface area (Å²) in [6, 6.07) is 4.24. The van der Waals surface area contributed by atoms with Crippen LogP contribution in [0.3, 0.4) is 0 Å². The number of benzene rings is 1. The van der Waals surface area contributed by atoms with Crippen LogP contribution in [0.25, 0.3) is 10.2 Å². The van der Waals surface area contributed by atoms with Gasteiger partial charge in [0, 0.05) is 25.2 Å². The number of anilines is 1. The summed E-state index contributed by atoms with van der Waals surface area (Å²) in [6.45, 7) is 0.231. The number of carboxylic acid groups (broad SMARTS) is 2. The molecule has 0 saturated carbocycles. The van der Waals surface area contributed by atoms with Crippen LogP contribution in [0.15, 0.2) is 18.2 Å². The molecule has 2 aromatic rings. The second-order valence-electron chi connectivity index (χ2n) is 4.68. The van der Waals surface area contributed by atoms with Crippen molar-refractivity contribution in [2.24, 2.45) is 0 Å². The molecule has 1 heterocycles. The first-order valence-electron chi connectivity index (χ1n) is 6.60. The van der Waals surface area contributed by atoms with Gasteiger partial charge in [0.1, 0.15) is 0 Å². The van der Waals surface area contributed by atoms with Crippen LogP contribution < -0.4 is 4.90 Å². The van der Waals surface area contributed by atoms with Crippen molar-refractivity contribution in [3.63, 3.8) is 0 Å². The number of nitrogens with zero attached hydrogens (tertiary/aromatic N) is 3. The number of thiazole rings is 1. The molecule has 0 unspecified atom stereocenters. The number of hydrogen-bond donors (Lipinski definition) is 2. The Balaban J connectivity index is 2.28. The third-order valence-electron chi connectivity index (χ3n) is 3.03. The molecule has 0 aliphatic carbocycles. The molecule has 0 saturated heterocycles. The Kier molecular flexibility index (Phi) is 5.06. The maximum Gasteiger partial charge on any atom is 0.305 e. The Morgan fingerprint density at radius 2 is 1.83 bits per heavy atom. The van der Waals surface area contributed by atoms with Crippen molar-refractivity contribution < 1.29 is 24.7 Å². The molecule has 1 aromatic carbocycles. The van der Waals surface area contributed by atoms with Crippen molar-refractivity contribution in [1.82, 2.24) is 4.98 Å². The Bertz CT molecular complexity index is 741. The molecule has 0 aliphatic rings. The summed E-state index contributed by atoms with van der Waals surface area (Å²) in [7, 11) is 0. The number of aliphatic carboxylic acids is 2. The second-order valence-corrected chi connectivity index (χ2v) is 5.69. The largest absolute Gasteiger partial charge is 0.481 e. The predicted octanol–water partition coefficient (Wildman–Crippen LogP) is 1.96. The molecule has 0 aliphatic heterocycles. The van der Waals surface area contributed by atoms with Gasteiger partial charge in [-0.3, -0.25) is 19.7 Å². The fraction of sp³-hybridized carbons (Fsp3) is 0.308. The number of nitro groups is 1. The van der Waals surface area contributed by atoms with E-state index in [1.54, 1.807) is 4.90 Å². The molecule has 0 radical (unpaired) electrons. The van der Waals surface area contributed by atoms with Crippen LogP contribution in [-0.4, -0.2) is 45.1 Å². The van der Waals surface area contributed by atoms with Gasteiger partial charge in [0.05, 0.1) is 28.0 Å². The number of carbonyl (C=O) groups is 2. The van der Waals surface area contributed by atoms with E-state index in [9.17, 15) is 19.7 Å². The van der Waals surface area contributed by atoms with E-state index in [4.69, 9.17) is 10.2 Å². The van der Waals surface area contributed by atoms with Crippen LogP contribution >= 0.6 is 11.3 Å². The molecular formula is C13H13N3O6S. The Labute approximate surface area is 133 Å². The van der Waals surface area contributed by atoms with Crippen LogP contribution in [0.5, 0.6) is 0 Å². The van der Waals surface area contributed by atoms with Crippen LogP contribution in [-0.2, 0) is 9.59 Å². The summed E-state index contributed by atoms with van der Waals surface area (Å²) in [5, 5.41) is 28.8. The van der Waals surface area contributed by atoms with Crippen LogP contribution in [0.1, 0.15) is 12.8 Å². The SMILES string of the molecule is O=C(O)CCN(CCC(=O)O)c1nc2ccc([N+](=O)[O-])cc2s1. The molecule has 9 nitrogen and oxygen atoms in total. The minimum atomic E-state index is -0.998. The second kappa shape index (κ2) is 7.01. The summed E-state index contributed by atoms with van der Waals surface area (Å²) in [6.07, 6.45) is -0.314. The van der Waals surface area contributed by atoms with Crippen molar-refractivity contribution in [3.8, 4) is 0 Å². The highest BCUT2D eigenvalue weighted by Crippen LogP contribution is 2.31. The highest BCUT2D eigenvalue weighted by atomic mass is 32.1. The molecule has 1 aromatic heterocycles. The van der Waals surface area contributed by atoms with E-state index < -0.39 is 16.9 Å². The Hall–Kier alpha value is -2.75. The molecule has 23 heavy (non-hydrogen) atoms.